The Labute approximate surface area is 152 Å². The Morgan fingerprint density at radius 3 is 2.44 bits per heavy atom. The van der Waals surface area contributed by atoms with Crippen molar-refractivity contribution in [1.29, 1.82) is 0 Å². The average Bonchev–Trinajstić information content (AvgIpc) is 3.06. The quantitative estimate of drug-likeness (QED) is 0.674. The van der Waals surface area contributed by atoms with Crippen LogP contribution in [0, 0.1) is 0 Å². The number of nitrogens with one attached hydrogen (secondary N) is 4. The zero-order valence-electron chi connectivity index (χ0n) is 15.2. The minimum atomic E-state index is -0.207. The normalized spacial score (nSPS) is 14.2. The highest BCUT2D eigenvalue weighted by Gasteiger charge is 2.18. The molecule has 1 unspecified atom stereocenters. The summed E-state index contributed by atoms with van der Waals surface area (Å²) >= 11 is 0. The van der Waals surface area contributed by atoms with Gasteiger partial charge in [-0.15, -0.1) is 5.53 Å². The van der Waals surface area contributed by atoms with Crippen LogP contribution in [0.3, 0.4) is 0 Å². The van der Waals surface area contributed by atoms with Crippen molar-refractivity contribution in [2.45, 2.75) is 45.6 Å². The second-order valence-corrected chi connectivity index (χ2v) is 7.57. The minimum Gasteiger partial charge on any atom is -0.352 e. The van der Waals surface area contributed by atoms with Crippen molar-refractivity contribution in [3.8, 4) is 0 Å². The monoisotopic (exact) mass is 342 g/mol. The molecule has 0 bridgehead atoms. The van der Waals surface area contributed by atoms with E-state index in [4.69, 9.17) is 0 Å². The summed E-state index contributed by atoms with van der Waals surface area (Å²) in [6, 6.07) is 14.4. The number of amides is 1. The van der Waals surface area contributed by atoms with E-state index in [-0.39, 0.29) is 20.1 Å². The van der Waals surface area contributed by atoms with Crippen LogP contribution in [0.15, 0.2) is 42.5 Å². The highest BCUT2D eigenvalue weighted by molar-refractivity contribution is 5.84. The van der Waals surface area contributed by atoms with Gasteiger partial charge in [0.15, 0.2) is 0 Å². The predicted molar refractivity (Wildman–Crippen MR) is 106 cm³/mol. The van der Waals surface area contributed by atoms with Crippen LogP contribution in [0.2, 0.25) is 0 Å². The number of benzene rings is 2. The van der Waals surface area contributed by atoms with Gasteiger partial charge in [0.1, 0.15) is 0 Å². The standard InChI is InChI=1S/C20H26N4O.2H2/c1-13(15-7-10-17-18(11-15)23-24-22-17)19(25)21-12-14-5-8-16(9-6-14)20(2,3)4;;/h5-11,13,22-24H,12H2,1-4H3,(H,21,25);2*1H. The molecule has 0 spiro atoms. The Bertz CT molecular complexity index is 773. The van der Waals surface area contributed by atoms with E-state index in [9.17, 15) is 4.79 Å². The van der Waals surface area contributed by atoms with Crippen LogP contribution < -0.4 is 21.7 Å². The lowest BCUT2D eigenvalue weighted by Gasteiger charge is -2.19. The van der Waals surface area contributed by atoms with E-state index < -0.39 is 0 Å². The van der Waals surface area contributed by atoms with Crippen molar-refractivity contribution in [2.24, 2.45) is 0 Å². The number of hydrogen-bond donors (Lipinski definition) is 4. The number of hydrogen-bond acceptors (Lipinski definition) is 4. The maximum Gasteiger partial charge on any atom is 0.227 e. The van der Waals surface area contributed by atoms with Gasteiger partial charge in [-0.1, -0.05) is 51.1 Å². The molecule has 5 nitrogen and oxygen atoms in total. The summed E-state index contributed by atoms with van der Waals surface area (Å²) in [6.45, 7) is 9.06. The first-order valence-corrected chi connectivity index (χ1v) is 8.63. The van der Waals surface area contributed by atoms with Crippen LogP contribution in [0.25, 0.3) is 0 Å². The molecule has 1 aliphatic heterocycles. The van der Waals surface area contributed by atoms with Gasteiger partial charge in [-0.2, -0.15) is 0 Å². The van der Waals surface area contributed by atoms with Crippen LogP contribution in [-0.4, -0.2) is 5.91 Å². The van der Waals surface area contributed by atoms with Crippen molar-refractivity contribution >= 4 is 17.3 Å². The molecular formula is C20H30N4O. The number of rotatable bonds is 4. The van der Waals surface area contributed by atoms with Crippen molar-refractivity contribution < 1.29 is 7.65 Å². The van der Waals surface area contributed by atoms with E-state index in [0.29, 0.717) is 6.54 Å². The lowest BCUT2D eigenvalue weighted by atomic mass is 9.87. The number of carbonyl (C=O) groups excluding carboxylic acids is 1. The molecule has 3 rings (SSSR count). The van der Waals surface area contributed by atoms with Crippen molar-refractivity contribution in [3.05, 3.63) is 59.2 Å². The summed E-state index contributed by atoms with van der Waals surface area (Å²) in [4.78, 5) is 12.5. The predicted octanol–water partition coefficient (Wildman–Crippen LogP) is 4.15. The summed E-state index contributed by atoms with van der Waals surface area (Å²) in [5.74, 6) is -0.180. The Balaban J connectivity index is 0.00000182. The smallest absolute Gasteiger partial charge is 0.227 e. The first-order valence-electron chi connectivity index (χ1n) is 8.63. The van der Waals surface area contributed by atoms with Gasteiger partial charge in [0.25, 0.3) is 0 Å². The molecule has 0 fully saturated rings. The number of hydrazine groups is 2. The molecule has 0 aromatic heterocycles. The largest absolute Gasteiger partial charge is 0.352 e. The number of anilines is 2. The second kappa shape index (κ2) is 6.76. The van der Waals surface area contributed by atoms with Crippen molar-refractivity contribution in [3.63, 3.8) is 0 Å². The maximum atomic E-state index is 12.5. The highest BCUT2D eigenvalue weighted by Crippen LogP contribution is 2.28. The summed E-state index contributed by atoms with van der Waals surface area (Å²) in [7, 11) is 0. The lowest BCUT2D eigenvalue weighted by Crippen LogP contribution is -2.27. The zero-order valence-corrected chi connectivity index (χ0v) is 15.2. The van der Waals surface area contributed by atoms with Gasteiger partial charge >= 0.3 is 0 Å². The Hall–Kier alpha value is -2.53. The van der Waals surface area contributed by atoms with Crippen LogP contribution in [0.1, 0.15) is 53.2 Å². The average molecular weight is 342 g/mol. The van der Waals surface area contributed by atoms with Crippen LogP contribution in [0.4, 0.5) is 11.4 Å². The van der Waals surface area contributed by atoms with Gasteiger partial charge in [-0.25, -0.2) is 0 Å². The molecule has 5 heteroatoms. The maximum absolute atomic E-state index is 12.5. The molecule has 2 aromatic rings. The third-order valence-corrected chi connectivity index (χ3v) is 4.62. The molecule has 0 saturated heterocycles. The molecular weight excluding hydrogens is 312 g/mol. The highest BCUT2D eigenvalue weighted by atomic mass is 16.1. The third-order valence-electron chi connectivity index (χ3n) is 4.62. The first kappa shape index (κ1) is 17.3. The van der Waals surface area contributed by atoms with Gasteiger partial charge in [0, 0.05) is 9.40 Å². The van der Waals surface area contributed by atoms with E-state index >= 15 is 0 Å². The Morgan fingerprint density at radius 2 is 1.76 bits per heavy atom. The third kappa shape index (κ3) is 3.94. The molecule has 1 amide bonds. The summed E-state index contributed by atoms with van der Waals surface area (Å²) in [5.41, 5.74) is 14.3. The van der Waals surface area contributed by atoms with Crippen LogP contribution in [0.5, 0.6) is 0 Å². The summed E-state index contributed by atoms with van der Waals surface area (Å²) in [6.07, 6.45) is 0. The fourth-order valence-corrected chi connectivity index (χ4v) is 2.83. The molecule has 1 atom stereocenters. The van der Waals surface area contributed by atoms with E-state index in [1.54, 1.807) is 0 Å². The summed E-state index contributed by atoms with van der Waals surface area (Å²) < 4.78 is 0. The lowest BCUT2D eigenvalue weighted by molar-refractivity contribution is -0.122. The molecule has 136 valence electrons. The second-order valence-electron chi connectivity index (χ2n) is 7.57. The van der Waals surface area contributed by atoms with Crippen LogP contribution in [-0.2, 0) is 16.8 Å². The van der Waals surface area contributed by atoms with Crippen molar-refractivity contribution in [2.75, 3.05) is 10.9 Å². The molecule has 1 heterocycles. The zero-order chi connectivity index (χ0) is 18.0. The van der Waals surface area contributed by atoms with E-state index in [1.165, 1.54) is 5.56 Å². The van der Waals surface area contributed by atoms with Gasteiger partial charge in [0.2, 0.25) is 5.91 Å². The van der Waals surface area contributed by atoms with E-state index in [2.05, 4.69) is 66.7 Å². The number of carbonyl (C=O) groups is 1. The number of fused-ring (bicyclic) bond motifs is 1. The van der Waals surface area contributed by atoms with E-state index in [1.807, 2.05) is 25.1 Å². The Morgan fingerprint density at radius 1 is 1.08 bits per heavy atom. The molecule has 0 radical (unpaired) electrons. The SMILES string of the molecule is CC(C(=O)NCc1ccc(C(C)(C)C)cc1)c1ccc2c(c1)NNN2.[HH].[HH]. The fraction of sp³-hybridized carbons (Fsp3) is 0.350. The van der Waals surface area contributed by atoms with Crippen molar-refractivity contribution in [1.82, 2.24) is 10.9 Å². The Kier molecular flexibility index (Phi) is 4.68. The molecule has 0 aliphatic carbocycles. The molecule has 1 aliphatic rings. The molecule has 0 saturated carbocycles. The summed E-state index contributed by atoms with van der Waals surface area (Å²) in [5, 5.41) is 3.03. The fourth-order valence-electron chi connectivity index (χ4n) is 2.83. The van der Waals surface area contributed by atoms with Gasteiger partial charge in [0.05, 0.1) is 17.3 Å². The van der Waals surface area contributed by atoms with Crippen LogP contribution >= 0.6 is 0 Å². The van der Waals surface area contributed by atoms with Gasteiger partial charge in [-0.05, 0) is 41.2 Å². The first-order chi connectivity index (χ1) is 11.8. The molecule has 4 N–H and O–H groups in total. The van der Waals surface area contributed by atoms with E-state index in [0.717, 1.165) is 22.5 Å². The molecule has 2 aromatic carbocycles. The van der Waals surface area contributed by atoms with Gasteiger partial charge in [-0.3, -0.25) is 4.79 Å². The topological polar surface area (TPSA) is 65.2 Å². The molecule has 25 heavy (non-hydrogen) atoms. The minimum absolute atomic E-state index is 0. The van der Waals surface area contributed by atoms with Gasteiger partial charge < -0.3 is 16.2 Å².